The lowest BCUT2D eigenvalue weighted by Gasteiger charge is -2.08. The summed E-state index contributed by atoms with van der Waals surface area (Å²) in [7, 11) is 0. The number of hydrogen-bond donors (Lipinski definition) is 1. The average molecular weight is 308 g/mol. The quantitative estimate of drug-likeness (QED) is 0.887. The molecule has 0 bridgehead atoms. The van der Waals surface area contributed by atoms with Crippen LogP contribution in [-0.2, 0) is 0 Å². The van der Waals surface area contributed by atoms with Gasteiger partial charge in [-0.25, -0.2) is 4.39 Å². The molecule has 18 heavy (non-hydrogen) atoms. The maximum atomic E-state index is 12.7. The second-order valence-electron chi connectivity index (χ2n) is 3.92. The minimum Gasteiger partial charge on any atom is -0.322 e. The van der Waals surface area contributed by atoms with Crippen molar-refractivity contribution in [3.8, 4) is 0 Å². The lowest BCUT2D eigenvalue weighted by molar-refractivity contribution is 0.102. The molecule has 4 heteroatoms. The van der Waals surface area contributed by atoms with Gasteiger partial charge >= 0.3 is 0 Å². The van der Waals surface area contributed by atoms with Crippen LogP contribution in [-0.4, -0.2) is 5.91 Å². The Bertz CT molecular complexity index is 581. The van der Waals surface area contributed by atoms with Crippen LogP contribution in [0.5, 0.6) is 0 Å². The summed E-state index contributed by atoms with van der Waals surface area (Å²) in [5.74, 6) is -0.535. The van der Waals surface area contributed by atoms with E-state index in [9.17, 15) is 9.18 Å². The normalized spacial score (nSPS) is 10.2. The molecule has 0 saturated heterocycles. The standard InChI is InChI=1S/C14H11BrFNO/c1-9-2-3-10(15)8-13(9)14(18)17-12-6-4-11(16)5-7-12/h2-8H,1H3,(H,17,18). The van der Waals surface area contributed by atoms with Crippen LogP contribution in [0.15, 0.2) is 46.9 Å². The number of benzene rings is 2. The first-order chi connectivity index (χ1) is 8.56. The van der Waals surface area contributed by atoms with E-state index in [1.807, 2.05) is 19.1 Å². The molecule has 2 aromatic rings. The maximum Gasteiger partial charge on any atom is 0.255 e. The van der Waals surface area contributed by atoms with Crippen molar-refractivity contribution in [1.82, 2.24) is 0 Å². The van der Waals surface area contributed by atoms with Gasteiger partial charge in [-0.15, -0.1) is 0 Å². The highest BCUT2D eigenvalue weighted by Gasteiger charge is 2.09. The Kier molecular flexibility index (Phi) is 3.77. The zero-order valence-electron chi connectivity index (χ0n) is 9.71. The molecule has 1 amide bonds. The molecule has 0 aromatic heterocycles. The van der Waals surface area contributed by atoms with Gasteiger partial charge in [-0.1, -0.05) is 22.0 Å². The van der Waals surface area contributed by atoms with Crippen LogP contribution in [0.25, 0.3) is 0 Å². The summed E-state index contributed by atoms with van der Waals surface area (Å²) in [6.45, 7) is 1.87. The number of amides is 1. The summed E-state index contributed by atoms with van der Waals surface area (Å²) in [6, 6.07) is 11.2. The van der Waals surface area contributed by atoms with Crippen LogP contribution < -0.4 is 5.32 Å². The predicted molar refractivity (Wildman–Crippen MR) is 73.2 cm³/mol. The summed E-state index contributed by atoms with van der Waals surface area (Å²) >= 11 is 3.33. The molecule has 0 unspecified atom stereocenters. The molecule has 0 radical (unpaired) electrons. The van der Waals surface area contributed by atoms with E-state index in [4.69, 9.17) is 0 Å². The molecule has 92 valence electrons. The Labute approximate surface area is 113 Å². The third-order valence-corrected chi connectivity index (χ3v) is 3.04. The molecule has 0 atom stereocenters. The van der Waals surface area contributed by atoms with Gasteiger partial charge in [0.1, 0.15) is 5.82 Å². The van der Waals surface area contributed by atoms with E-state index in [2.05, 4.69) is 21.2 Å². The molecule has 1 N–H and O–H groups in total. The van der Waals surface area contributed by atoms with Gasteiger partial charge in [0.05, 0.1) is 0 Å². The third kappa shape index (κ3) is 2.96. The second kappa shape index (κ2) is 5.31. The highest BCUT2D eigenvalue weighted by atomic mass is 79.9. The number of carbonyl (C=O) groups excluding carboxylic acids is 1. The summed E-state index contributed by atoms with van der Waals surface area (Å²) in [4.78, 5) is 12.0. The molecule has 0 heterocycles. The van der Waals surface area contributed by atoms with E-state index in [1.165, 1.54) is 24.3 Å². The van der Waals surface area contributed by atoms with E-state index in [-0.39, 0.29) is 11.7 Å². The fraction of sp³-hybridized carbons (Fsp3) is 0.0714. The second-order valence-corrected chi connectivity index (χ2v) is 4.84. The van der Waals surface area contributed by atoms with Gasteiger partial charge in [0.2, 0.25) is 0 Å². The van der Waals surface area contributed by atoms with E-state index in [0.717, 1.165) is 10.0 Å². The molecule has 0 spiro atoms. The lowest BCUT2D eigenvalue weighted by atomic mass is 10.1. The van der Waals surface area contributed by atoms with Crippen molar-refractivity contribution in [1.29, 1.82) is 0 Å². The first-order valence-corrected chi connectivity index (χ1v) is 6.18. The summed E-state index contributed by atoms with van der Waals surface area (Å²) < 4.78 is 13.6. The van der Waals surface area contributed by atoms with E-state index < -0.39 is 0 Å². The number of carbonyl (C=O) groups is 1. The minimum atomic E-state index is -0.327. The number of rotatable bonds is 2. The Balaban J connectivity index is 2.21. The van der Waals surface area contributed by atoms with Crippen molar-refractivity contribution in [3.63, 3.8) is 0 Å². The number of nitrogens with one attached hydrogen (secondary N) is 1. The van der Waals surface area contributed by atoms with Crippen LogP contribution in [0, 0.1) is 12.7 Å². The highest BCUT2D eigenvalue weighted by Crippen LogP contribution is 2.18. The maximum absolute atomic E-state index is 12.7. The SMILES string of the molecule is Cc1ccc(Br)cc1C(=O)Nc1ccc(F)cc1. The number of anilines is 1. The van der Waals surface area contributed by atoms with Gasteiger partial charge in [0.15, 0.2) is 0 Å². The molecule has 0 aliphatic heterocycles. The zero-order valence-corrected chi connectivity index (χ0v) is 11.3. The smallest absolute Gasteiger partial charge is 0.255 e. The van der Waals surface area contributed by atoms with E-state index in [0.29, 0.717) is 11.3 Å². The Morgan fingerprint density at radius 3 is 2.50 bits per heavy atom. The molecule has 0 aliphatic carbocycles. The van der Waals surface area contributed by atoms with Crippen molar-refractivity contribution in [2.24, 2.45) is 0 Å². The molecule has 0 saturated carbocycles. The van der Waals surface area contributed by atoms with Gasteiger partial charge < -0.3 is 5.32 Å². The van der Waals surface area contributed by atoms with E-state index in [1.54, 1.807) is 6.07 Å². The van der Waals surface area contributed by atoms with Crippen molar-refractivity contribution in [2.45, 2.75) is 6.92 Å². The van der Waals surface area contributed by atoms with Gasteiger partial charge in [0, 0.05) is 15.7 Å². The summed E-state index contributed by atoms with van der Waals surface area (Å²) in [5, 5.41) is 2.73. The van der Waals surface area contributed by atoms with E-state index >= 15 is 0 Å². The molecule has 0 fully saturated rings. The van der Waals surface area contributed by atoms with Crippen molar-refractivity contribution < 1.29 is 9.18 Å². The van der Waals surface area contributed by atoms with Crippen LogP contribution in [0.4, 0.5) is 10.1 Å². The van der Waals surface area contributed by atoms with Crippen molar-refractivity contribution in [2.75, 3.05) is 5.32 Å². The Morgan fingerprint density at radius 1 is 1.17 bits per heavy atom. The molecule has 2 rings (SSSR count). The largest absolute Gasteiger partial charge is 0.322 e. The third-order valence-electron chi connectivity index (χ3n) is 2.55. The number of aryl methyl sites for hydroxylation is 1. The molecular weight excluding hydrogens is 297 g/mol. The fourth-order valence-electron chi connectivity index (χ4n) is 1.57. The predicted octanol–water partition coefficient (Wildman–Crippen LogP) is 4.15. The summed E-state index contributed by atoms with van der Waals surface area (Å²) in [5.41, 5.74) is 2.05. The van der Waals surface area contributed by atoms with Gasteiger partial charge in [-0.05, 0) is 48.9 Å². The Morgan fingerprint density at radius 2 is 1.83 bits per heavy atom. The first kappa shape index (κ1) is 12.8. The topological polar surface area (TPSA) is 29.1 Å². The average Bonchev–Trinajstić information content (AvgIpc) is 2.35. The first-order valence-electron chi connectivity index (χ1n) is 5.39. The molecular formula is C14H11BrFNO. The number of halogens is 2. The van der Waals surface area contributed by atoms with Gasteiger partial charge in [0.25, 0.3) is 5.91 Å². The number of hydrogen-bond acceptors (Lipinski definition) is 1. The Hall–Kier alpha value is -1.68. The monoisotopic (exact) mass is 307 g/mol. The van der Waals surface area contributed by atoms with Gasteiger partial charge in [-0.3, -0.25) is 4.79 Å². The highest BCUT2D eigenvalue weighted by molar-refractivity contribution is 9.10. The van der Waals surface area contributed by atoms with Crippen LogP contribution in [0.2, 0.25) is 0 Å². The van der Waals surface area contributed by atoms with Crippen LogP contribution in [0.1, 0.15) is 15.9 Å². The van der Waals surface area contributed by atoms with Crippen molar-refractivity contribution in [3.05, 3.63) is 63.9 Å². The van der Waals surface area contributed by atoms with Crippen LogP contribution in [0.3, 0.4) is 0 Å². The zero-order chi connectivity index (χ0) is 13.1. The fourth-order valence-corrected chi connectivity index (χ4v) is 1.93. The molecule has 0 aliphatic rings. The minimum absolute atomic E-state index is 0.208. The van der Waals surface area contributed by atoms with Gasteiger partial charge in [-0.2, -0.15) is 0 Å². The summed E-state index contributed by atoms with van der Waals surface area (Å²) in [6.07, 6.45) is 0. The molecule has 2 aromatic carbocycles. The molecule has 2 nitrogen and oxygen atoms in total. The lowest BCUT2D eigenvalue weighted by Crippen LogP contribution is -2.13. The van der Waals surface area contributed by atoms with Crippen molar-refractivity contribution >= 4 is 27.5 Å². The van der Waals surface area contributed by atoms with Crippen LogP contribution >= 0.6 is 15.9 Å².